The van der Waals surface area contributed by atoms with E-state index >= 15 is 0 Å². The van der Waals surface area contributed by atoms with E-state index in [2.05, 4.69) is 21.2 Å². The molecule has 0 bridgehead atoms. The van der Waals surface area contributed by atoms with E-state index in [0.717, 1.165) is 10.0 Å². The van der Waals surface area contributed by atoms with Gasteiger partial charge in [-0.25, -0.2) is 4.79 Å². The summed E-state index contributed by atoms with van der Waals surface area (Å²) in [5, 5.41) is 11.9. The van der Waals surface area contributed by atoms with E-state index in [1.54, 1.807) is 0 Å². The minimum atomic E-state index is -0.614. The highest BCUT2D eigenvalue weighted by atomic mass is 79.9. The Kier molecular flexibility index (Phi) is 5.76. The maximum Gasteiger partial charge on any atom is 0.338 e. The van der Waals surface area contributed by atoms with Crippen molar-refractivity contribution in [3.8, 4) is 5.75 Å². The molecule has 0 aromatic heterocycles. The Bertz CT molecular complexity index is 683. The quantitative estimate of drug-likeness (QED) is 0.784. The first-order chi connectivity index (χ1) is 11.0. The van der Waals surface area contributed by atoms with Crippen LogP contribution in [0.3, 0.4) is 0 Å². The van der Waals surface area contributed by atoms with Gasteiger partial charge in [0.2, 0.25) is 0 Å². The van der Waals surface area contributed by atoms with Crippen LogP contribution in [0.1, 0.15) is 28.9 Å². The van der Waals surface area contributed by atoms with Crippen LogP contribution in [-0.2, 0) is 9.53 Å². The summed E-state index contributed by atoms with van der Waals surface area (Å²) in [5.74, 6) is -0.938. The van der Waals surface area contributed by atoms with Crippen LogP contribution in [0.2, 0.25) is 0 Å². The average Bonchev–Trinajstić information content (AvgIpc) is 2.54. The first kappa shape index (κ1) is 17.0. The summed E-state index contributed by atoms with van der Waals surface area (Å²) >= 11 is 3.35. The number of hydrogen-bond donors (Lipinski definition) is 2. The average molecular weight is 378 g/mol. The van der Waals surface area contributed by atoms with Crippen LogP contribution in [0.15, 0.2) is 53.0 Å². The summed E-state index contributed by atoms with van der Waals surface area (Å²) in [6, 6.07) is 13.0. The zero-order valence-corrected chi connectivity index (χ0v) is 14.0. The molecule has 0 aliphatic rings. The number of carbonyl (C=O) groups excluding carboxylic acids is 2. The molecule has 120 valence electrons. The minimum Gasteiger partial charge on any atom is -0.508 e. The van der Waals surface area contributed by atoms with E-state index in [-0.39, 0.29) is 29.9 Å². The number of benzene rings is 2. The predicted molar refractivity (Wildman–Crippen MR) is 89.1 cm³/mol. The number of ether oxygens (including phenoxy) is 1. The largest absolute Gasteiger partial charge is 0.508 e. The molecule has 0 radical (unpaired) electrons. The third-order valence-corrected chi connectivity index (χ3v) is 3.71. The Morgan fingerprint density at radius 3 is 2.35 bits per heavy atom. The predicted octanol–water partition coefficient (Wildman–Crippen LogP) is 3.19. The van der Waals surface area contributed by atoms with Crippen molar-refractivity contribution in [1.29, 1.82) is 0 Å². The Balaban J connectivity index is 1.83. The number of carbonyl (C=O) groups is 2. The molecule has 23 heavy (non-hydrogen) atoms. The maximum atomic E-state index is 11.8. The molecule has 0 aliphatic heterocycles. The third kappa shape index (κ3) is 5.10. The third-order valence-electron chi connectivity index (χ3n) is 3.18. The van der Waals surface area contributed by atoms with Crippen LogP contribution < -0.4 is 5.32 Å². The highest BCUT2D eigenvalue weighted by Gasteiger charge is 2.13. The van der Waals surface area contributed by atoms with Gasteiger partial charge in [0.05, 0.1) is 11.6 Å². The van der Waals surface area contributed by atoms with E-state index in [0.29, 0.717) is 0 Å². The molecular formula is C17H16BrNO4. The Labute approximate surface area is 142 Å². The SMILES string of the molecule is C[C@@H](NC(=O)COC(=O)c1ccc(O)cc1)c1ccc(Br)cc1. The lowest BCUT2D eigenvalue weighted by molar-refractivity contribution is -0.124. The van der Waals surface area contributed by atoms with Crippen molar-refractivity contribution in [3.63, 3.8) is 0 Å². The van der Waals surface area contributed by atoms with Gasteiger partial charge in [-0.3, -0.25) is 4.79 Å². The van der Waals surface area contributed by atoms with Crippen molar-refractivity contribution < 1.29 is 19.4 Å². The number of hydrogen-bond acceptors (Lipinski definition) is 4. The molecule has 0 spiro atoms. The molecular weight excluding hydrogens is 362 g/mol. The molecule has 2 rings (SSSR count). The fraction of sp³-hybridized carbons (Fsp3) is 0.176. The van der Waals surface area contributed by atoms with Gasteiger partial charge in [0.15, 0.2) is 6.61 Å². The van der Waals surface area contributed by atoms with Gasteiger partial charge in [0.1, 0.15) is 5.75 Å². The fourth-order valence-electron chi connectivity index (χ4n) is 1.93. The van der Waals surface area contributed by atoms with Gasteiger partial charge < -0.3 is 15.2 Å². The summed E-state index contributed by atoms with van der Waals surface area (Å²) in [6.45, 7) is 1.49. The number of halogens is 1. The van der Waals surface area contributed by atoms with Gasteiger partial charge in [-0.2, -0.15) is 0 Å². The van der Waals surface area contributed by atoms with E-state index in [1.807, 2.05) is 31.2 Å². The van der Waals surface area contributed by atoms with Gasteiger partial charge in [-0.15, -0.1) is 0 Å². The Hall–Kier alpha value is -2.34. The van der Waals surface area contributed by atoms with Crippen molar-refractivity contribution in [2.24, 2.45) is 0 Å². The van der Waals surface area contributed by atoms with Crippen LogP contribution in [0.5, 0.6) is 5.75 Å². The van der Waals surface area contributed by atoms with Crippen molar-refractivity contribution in [3.05, 3.63) is 64.1 Å². The number of phenolic OH excluding ortho intramolecular Hbond substituents is 1. The van der Waals surface area contributed by atoms with Gasteiger partial charge in [-0.1, -0.05) is 28.1 Å². The van der Waals surface area contributed by atoms with Crippen LogP contribution in [0.25, 0.3) is 0 Å². The molecule has 0 unspecified atom stereocenters. The lowest BCUT2D eigenvalue weighted by atomic mass is 10.1. The molecule has 0 saturated carbocycles. The van der Waals surface area contributed by atoms with Gasteiger partial charge in [0.25, 0.3) is 5.91 Å². The van der Waals surface area contributed by atoms with Gasteiger partial charge in [0, 0.05) is 4.47 Å². The molecule has 2 aromatic rings. The summed E-state index contributed by atoms with van der Waals surface area (Å²) in [7, 11) is 0. The van der Waals surface area contributed by atoms with Gasteiger partial charge >= 0.3 is 5.97 Å². The monoisotopic (exact) mass is 377 g/mol. The zero-order valence-electron chi connectivity index (χ0n) is 12.5. The number of phenols is 1. The normalized spacial score (nSPS) is 11.6. The lowest BCUT2D eigenvalue weighted by Crippen LogP contribution is -2.31. The second-order valence-corrected chi connectivity index (χ2v) is 5.88. The van der Waals surface area contributed by atoms with E-state index in [9.17, 15) is 9.59 Å². The van der Waals surface area contributed by atoms with E-state index in [4.69, 9.17) is 9.84 Å². The first-order valence-corrected chi connectivity index (χ1v) is 7.76. The first-order valence-electron chi connectivity index (χ1n) is 6.96. The molecule has 0 saturated heterocycles. The highest BCUT2D eigenvalue weighted by molar-refractivity contribution is 9.10. The van der Waals surface area contributed by atoms with Crippen LogP contribution in [0.4, 0.5) is 0 Å². The summed E-state index contributed by atoms with van der Waals surface area (Å²) in [5.41, 5.74) is 1.22. The molecule has 2 N–H and O–H groups in total. The molecule has 1 amide bonds. The second kappa shape index (κ2) is 7.78. The molecule has 0 fully saturated rings. The van der Waals surface area contributed by atoms with Crippen LogP contribution >= 0.6 is 15.9 Å². The Morgan fingerprint density at radius 1 is 1.13 bits per heavy atom. The zero-order chi connectivity index (χ0) is 16.8. The standard InChI is InChI=1S/C17H16BrNO4/c1-11(12-2-6-14(18)7-3-12)19-16(21)10-23-17(22)13-4-8-15(20)9-5-13/h2-9,11,20H,10H2,1H3,(H,19,21)/t11-/m1/s1. The minimum absolute atomic E-state index is 0.0580. The van der Waals surface area contributed by atoms with Crippen LogP contribution in [0, 0.1) is 0 Å². The number of rotatable bonds is 5. The van der Waals surface area contributed by atoms with E-state index in [1.165, 1.54) is 24.3 Å². The molecule has 1 atom stereocenters. The second-order valence-electron chi connectivity index (χ2n) is 4.96. The van der Waals surface area contributed by atoms with Crippen LogP contribution in [-0.4, -0.2) is 23.6 Å². The topological polar surface area (TPSA) is 75.6 Å². The molecule has 0 aliphatic carbocycles. The van der Waals surface area contributed by atoms with Crippen molar-refractivity contribution in [2.75, 3.05) is 6.61 Å². The number of esters is 1. The van der Waals surface area contributed by atoms with Crippen molar-refractivity contribution in [1.82, 2.24) is 5.32 Å². The summed E-state index contributed by atoms with van der Waals surface area (Å²) in [6.07, 6.45) is 0. The maximum absolute atomic E-state index is 11.8. The number of aromatic hydroxyl groups is 1. The van der Waals surface area contributed by atoms with Crippen molar-refractivity contribution >= 4 is 27.8 Å². The summed E-state index contributed by atoms with van der Waals surface area (Å²) < 4.78 is 5.91. The number of nitrogens with one attached hydrogen (secondary N) is 1. The Morgan fingerprint density at radius 2 is 1.74 bits per heavy atom. The molecule has 0 heterocycles. The van der Waals surface area contributed by atoms with Gasteiger partial charge in [-0.05, 0) is 48.9 Å². The smallest absolute Gasteiger partial charge is 0.338 e. The highest BCUT2D eigenvalue weighted by Crippen LogP contribution is 2.16. The molecule has 6 heteroatoms. The number of amides is 1. The van der Waals surface area contributed by atoms with Crippen molar-refractivity contribution in [2.45, 2.75) is 13.0 Å². The summed E-state index contributed by atoms with van der Waals surface area (Å²) in [4.78, 5) is 23.6. The van der Waals surface area contributed by atoms with E-state index < -0.39 is 5.97 Å². The molecule has 5 nitrogen and oxygen atoms in total. The fourth-order valence-corrected chi connectivity index (χ4v) is 2.19. The molecule has 2 aromatic carbocycles. The lowest BCUT2D eigenvalue weighted by Gasteiger charge is -2.14.